The number of nitrogens with one attached hydrogen (secondary N) is 2. The van der Waals surface area contributed by atoms with E-state index in [1.54, 1.807) is 0 Å². The Morgan fingerprint density at radius 1 is 0.875 bits per heavy atom. The monoisotopic (exact) mass is 323 g/mol. The molecule has 3 aliphatic heterocycles. The fourth-order valence-electron chi connectivity index (χ4n) is 1.56. The molecule has 0 saturated carbocycles. The van der Waals surface area contributed by atoms with Gasteiger partial charge in [0.2, 0.25) is 0 Å². The molecule has 3 heterocycles. The maximum Gasteiger partial charge on any atom is 0.280 e. The largest absolute Gasteiger partial charge is 0.314 e. The lowest BCUT2D eigenvalue weighted by atomic mass is 10.8. The molecule has 12 heteroatoms. The van der Waals surface area contributed by atoms with E-state index in [0.717, 1.165) is 0 Å². The van der Waals surface area contributed by atoms with Crippen molar-refractivity contribution < 1.29 is 9.05 Å². The van der Waals surface area contributed by atoms with Gasteiger partial charge in [-0.15, -0.1) is 0 Å². The van der Waals surface area contributed by atoms with Crippen molar-refractivity contribution in [3.8, 4) is 0 Å². The average molecular weight is 324 g/mol. The Morgan fingerprint density at radius 3 is 1.94 bits per heavy atom. The van der Waals surface area contributed by atoms with Crippen molar-refractivity contribution in [1.29, 1.82) is 0 Å². The van der Waals surface area contributed by atoms with Crippen molar-refractivity contribution in [1.82, 2.24) is 10.2 Å². The van der Waals surface area contributed by atoms with Crippen LogP contribution in [0.4, 0.5) is 0 Å². The zero-order valence-corrected chi connectivity index (χ0v) is 12.3. The highest BCUT2D eigenvalue weighted by molar-refractivity contribution is 8.13. The molecule has 3 aliphatic rings. The fraction of sp³-hybridized carbons (Fsp3) is 1.00. The molecule has 0 aromatic heterocycles. The molecule has 0 radical (unpaired) electrons. The number of nitrogens with zero attached hydrogens (tertiary/aromatic N) is 3. The van der Waals surface area contributed by atoms with Crippen LogP contribution in [-0.4, -0.2) is 26.3 Å². The number of halogens is 2. The summed E-state index contributed by atoms with van der Waals surface area (Å²) >= 11 is 12.2. The molecule has 2 fully saturated rings. The fourth-order valence-corrected chi connectivity index (χ4v) is 13.4. The summed E-state index contributed by atoms with van der Waals surface area (Å²) in [6.07, 6.45) is 0. The van der Waals surface area contributed by atoms with Gasteiger partial charge in [-0.25, -0.2) is 10.2 Å². The van der Waals surface area contributed by atoms with Gasteiger partial charge in [-0.1, -0.05) is 0 Å². The molecule has 2 atom stereocenters. The molecule has 16 heavy (non-hydrogen) atoms. The van der Waals surface area contributed by atoms with Crippen LogP contribution >= 0.6 is 43.6 Å². The van der Waals surface area contributed by atoms with Crippen LogP contribution in [0.5, 0.6) is 0 Å². The lowest BCUT2D eigenvalue weighted by molar-refractivity contribution is 0.386. The maximum absolute atomic E-state index is 6.11. The molecular formula is C4H10Cl2N5O2P3. The molecule has 2 spiro atoms. The van der Waals surface area contributed by atoms with Crippen LogP contribution in [0, 0.1) is 0 Å². The molecular weight excluding hydrogens is 314 g/mol. The summed E-state index contributed by atoms with van der Waals surface area (Å²) in [5, 5.41) is 6.28. The molecule has 2 N–H and O–H groups in total. The number of hydrogen-bond donors (Lipinski definition) is 2. The lowest BCUT2D eigenvalue weighted by Gasteiger charge is -2.25. The van der Waals surface area contributed by atoms with Gasteiger partial charge in [0.15, 0.2) is 0 Å². The second kappa shape index (κ2) is 4.06. The van der Waals surface area contributed by atoms with E-state index in [9.17, 15) is 0 Å². The first-order valence-corrected chi connectivity index (χ1v) is 11.4. The molecule has 0 aliphatic carbocycles. The van der Waals surface area contributed by atoms with E-state index >= 15 is 0 Å². The highest BCUT2D eigenvalue weighted by Crippen LogP contribution is 2.81. The SMILES string of the molecule is ClP1(Cl)=NP2(=NP3(=N1)NCCO3)NCCO2. The van der Waals surface area contributed by atoms with Crippen molar-refractivity contribution in [2.75, 3.05) is 26.3 Å². The van der Waals surface area contributed by atoms with Crippen LogP contribution in [0.2, 0.25) is 0 Å². The number of hydrogen-bond acceptors (Lipinski definition) is 7. The second-order valence-corrected chi connectivity index (χ2v) is 13.0. The van der Waals surface area contributed by atoms with Crippen molar-refractivity contribution in [3.63, 3.8) is 0 Å². The van der Waals surface area contributed by atoms with Crippen LogP contribution in [0.1, 0.15) is 0 Å². The molecule has 0 amide bonds. The molecule has 0 aromatic carbocycles. The first-order chi connectivity index (χ1) is 7.54. The highest BCUT2D eigenvalue weighted by atomic mass is 35.9. The summed E-state index contributed by atoms with van der Waals surface area (Å²) in [5.74, 6) is -2.74. The summed E-state index contributed by atoms with van der Waals surface area (Å²) in [5.41, 5.74) is 0. The molecule has 2 saturated heterocycles. The summed E-state index contributed by atoms with van der Waals surface area (Å²) in [6, 6.07) is 0. The summed E-state index contributed by atoms with van der Waals surface area (Å²) < 4.78 is 24.2. The Labute approximate surface area is 103 Å². The van der Waals surface area contributed by atoms with Gasteiger partial charge in [-0.2, -0.15) is 13.5 Å². The van der Waals surface area contributed by atoms with E-state index in [1.807, 2.05) is 0 Å². The summed E-state index contributed by atoms with van der Waals surface area (Å²) in [7, 11) is -4.85. The smallest absolute Gasteiger partial charge is 0.280 e. The van der Waals surface area contributed by atoms with Crippen LogP contribution in [0.15, 0.2) is 13.5 Å². The van der Waals surface area contributed by atoms with Crippen molar-refractivity contribution in [3.05, 3.63) is 0 Å². The highest BCUT2D eigenvalue weighted by Gasteiger charge is 2.40. The zero-order chi connectivity index (χ0) is 11.3. The van der Waals surface area contributed by atoms with Crippen molar-refractivity contribution >= 4 is 43.6 Å². The minimum Gasteiger partial charge on any atom is -0.314 e. The van der Waals surface area contributed by atoms with Crippen LogP contribution in [-0.2, 0) is 9.05 Å². The van der Waals surface area contributed by atoms with E-state index < -0.39 is 21.1 Å². The quantitative estimate of drug-likeness (QED) is 0.668. The van der Waals surface area contributed by atoms with E-state index in [-0.39, 0.29) is 0 Å². The Balaban J connectivity index is 2.18. The van der Waals surface area contributed by atoms with E-state index in [4.69, 9.17) is 31.5 Å². The lowest BCUT2D eigenvalue weighted by Crippen LogP contribution is -2.06. The van der Waals surface area contributed by atoms with Gasteiger partial charge in [-0.05, 0) is 22.5 Å². The Morgan fingerprint density at radius 2 is 1.44 bits per heavy atom. The van der Waals surface area contributed by atoms with Crippen LogP contribution in [0.3, 0.4) is 0 Å². The molecule has 7 nitrogen and oxygen atoms in total. The standard InChI is InChI=1S/C4H10Cl2N5O2P3/c5-14(6)9-15(7-1-3-12-15)11-16(10-14)8-2-4-13-16/h7-8H,1-4H2. The van der Waals surface area contributed by atoms with E-state index in [2.05, 4.69) is 23.7 Å². The van der Waals surface area contributed by atoms with Gasteiger partial charge in [0, 0.05) is 13.1 Å². The third-order valence-corrected chi connectivity index (χ3v) is 12.5. The van der Waals surface area contributed by atoms with Gasteiger partial charge in [-0.3, -0.25) is 0 Å². The maximum atomic E-state index is 6.11. The minimum absolute atomic E-state index is 0.564. The third kappa shape index (κ3) is 2.18. The Bertz CT molecular complexity index is 451. The number of rotatable bonds is 0. The van der Waals surface area contributed by atoms with Crippen LogP contribution < -0.4 is 10.2 Å². The van der Waals surface area contributed by atoms with Gasteiger partial charge < -0.3 is 9.05 Å². The molecule has 0 bridgehead atoms. The Kier molecular flexibility index (Phi) is 3.08. The second-order valence-electron chi connectivity index (χ2n) is 3.29. The van der Waals surface area contributed by atoms with Gasteiger partial charge >= 0.3 is 0 Å². The van der Waals surface area contributed by atoms with Gasteiger partial charge in [0.25, 0.3) is 21.1 Å². The normalized spacial score (nSPS) is 45.4. The van der Waals surface area contributed by atoms with Gasteiger partial charge in [0.05, 0.1) is 13.2 Å². The van der Waals surface area contributed by atoms with Gasteiger partial charge in [0.1, 0.15) is 0 Å². The summed E-state index contributed by atoms with van der Waals surface area (Å²) in [6.45, 7) is 2.53. The third-order valence-electron chi connectivity index (χ3n) is 2.08. The zero-order valence-electron chi connectivity index (χ0n) is 8.08. The molecule has 92 valence electrons. The van der Waals surface area contributed by atoms with E-state index in [1.165, 1.54) is 0 Å². The first-order valence-electron chi connectivity index (χ1n) is 4.63. The molecule has 0 aromatic rings. The minimum atomic E-state index is -2.74. The predicted molar refractivity (Wildman–Crippen MR) is 67.7 cm³/mol. The molecule has 3 rings (SSSR count). The van der Waals surface area contributed by atoms with Crippen LogP contribution in [0.25, 0.3) is 0 Å². The predicted octanol–water partition coefficient (Wildman–Crippen LogP) is 3.56. The summed E-state index contributed by atoms with van der Waals surface area (Å²) in [4.78, 5) is 0. The first kappa shape index (κ1) is 12.2. The molecule has 2 unspecified atom stereocenters. The Hall–Kier alpha value is 1.11. The average Bonchev–Trinajstić information content (AvgIpc) is 2.73. The van der Waals surface area contributed by atoms with Crippen molar-refractivity contribution in [2.45, 2.75) is 0 Å². The van der Waals surface area contributed by atoms with E-state index in [0.29, 0.717) is 26.3 Å². The van der Waals surface area contributed by atoms with Crippen molar-refractivity contribution in [2.24, 2.45) is 13.5 Å². The topological polar surface area (TPSA) is 79.6 Å².